The zero-order valence-corrected chi connectivity index (χ0v) is 11.2. The fourth-order valence-corrected chi connectivity index (χ4v) is 2.61. The number of hydrogen-bond donors (Lipinski definition) is 2. The summed E-state index contributed by atoms with van der Waals surface area (Å²) in [5.74, 6) is 0. The van der Waals surface area contributed by atoms with Gasteiger partial charge < -0.3 is 20.4 Å². The van der Waals surface area contributed by atoms with Crippen LogP contribution in [-0.4, -0.2) is 35.6 Å². The molecule has 0 amide bonds. The van der Waals surface area contributed by atoms with E-state index in [1.54, 1.807) is 6.07 Å². The van der Waals surface area contributed by atoms with Crippen LogP contribution in [0.4, 0.5) is 11.7 Å². The Morgan fingerprint density at radius 1 is 1.42 bits per heavy atom. The molecule has 1 aromatic heterocycles. The first-order valence-corrected chi connectivity index (χ1v) is 6.86. The number of nitrogens with two attached hydrogens (primary N) is 1. The molecule has 1 saturated heterocycles. The number of fused-ring (bicyclic) bond motifs is 1. The van der Waals surface area contributed by atoms with Gasteiger partial charge in [0.2, 0.25) is 0 Å². The van der Waals surface area contributed by atoms with E-state index < -0.39 is 0 Å². The van der Waals surface area contributed by atoms with Crippen LogP contribution in [0.5, 0.6) is 0 Å². The second kappa shape index (κ2) is 5.09. The molecular weight excluding hydrogens is 240 g/mol. The first-order valence-electron chi connectivity index (χ1n) is 6.86. The lowest BCUT2D eigenvalue weighted by Gasteiger charge is -2.20. The smallest absolute Gasteiger partial charge is 0.295 e. The predicted molar refractivity (Wildman–Crippen MR) is 77.2 cm³/mol. The average molecular weight is 260 g/mol. The van der Waals surface area contributed by atoms with E-state index in [0.717, 1.165) is 17.6 Å². The average Bonchev–Trinajstić information content (AvgIpc) is 2.97. The summed E-state index contributed by atoms with van der Waals surface area (Å²) in [6.07, 6.45) is 2.63. The van der Waals surface area contributed by atoms with Crippen LogP contribution in [-0.2, 0) is 0 Å². The molecule has 0 saturated carbocycles. The van der Waals surface area contributed by atoms with Crippen molar-refractivity contribution in [2.75, 3.05) is 30.7 Å². The number of nitrogens with zero attached hydrogens (tertiary/aromatic N) is 2. The number of nitrogen functional groups attached to an aromatic ring is 1. The quantitative estimate of drug-likeness (QED) is 0.826. The molecule has 1 aliphatic rings. The van der Waals surface area contributed by atoms with E-state index in [4.69, 9.17) is 10.2 Å². The number of benzene rings is 1. The standard InChI is InChI=1S/C14H20N4O/c1-10(9-18-6-2-3-7-18)16-14-17-12-5-4-11(15)8-13(12)19-14/h4-5,8,10H,2-3,6-7,9,15H2,1H3,(H,16,17). The van der Waals surface area contributed by atoms with Gasteiger partial charge in [0.05, 0.1) is 0 Å². The van der Waals surface area contributed by atoms with Crippen molar-refractivity contribution in [2.45, 2.75) is 25.8 Å². The number of oxazole rings is 1. The van der Waals surface area contributed by atoms with E-state index in [0.29, 0.717) is 17.7 Å². The normalized spacial score (nSPS) is 17.9. The van der Waals surface area contributed by atoms with E-state index in [1.165, 1.54) is 25.9 Å². The summed E-state index contributed by atoms with van der Waals surface area (Å²) in [7, 11) is 0. The fraction of sp³-hybridized carbons (Fsp3) is 0.500. The molecule has 5 heteroatoms. The van der Waals surface area contributed by atoms with Gasteiger partial charge in [-0.05, 0) is 45.0 Å². The van der Waals surface area contributed by atoms with Crippen molar-refractivity contribution in [1.82, 2.24) is 9.88 Å². The highest BCUT2D eigenvalue weighted by Crippen LogP contribution is 2.21. The van der Waals surface area contributed by atoms with Gasteiger partial charge in [-0.2, -0.15) is 4.98 Å². The number of anilines is 2. The Kier molecular flexibility index (Phi) is 3.29. The van der Waals surface area contributed by atoms with Gasteiger partial charge in [-0.1, -0.05) is 0 Å². The minimum Gasteiger partial charge on any atom is -0.423 e. The summed E-state index contributed by atoms with van der Waals surface area (Å²) < 4.78 is 5.66. The summed E-state index contributed by atoms with van der Waals surface area (Å²) in [4.78, 5) is 6.89. The van der Waals surface area contributed by atoms with Crippen LogP contribution in [0.25, 0.3) is 11.1 Å². The molecule has 0 spiro atoms. The van der Waals surface area contributed by atoms with E-state index >= 15 is 0 Å². The molecule has 5 nitrogen and oxygen atoms in total. The second-order valence-electron chi connectivity index (χ2n) is 5.30. The van der Waals surface area contributed by atoms with Crippen molar-refractivity contribution in [1.29, 1.82) is 0 Å². The van der Waals surface area contributed by atoms with Crippen LogP contribution in [0.15, 0.2) is 22.6 Å². The number of likely N-dealkylation sites (tertiary alicyclic amines) is 1. The molecule has 3 N–H and O–H groups in total. The van der Waals surface area contributed by atoms with Gasteiger partial charge in [-0.3, -0.25) is 0 Å². The van der Waals surface area contributed by atoms with E-state index in [1.807, 2.05) is 12.1 Å². The third-order valence-corrected chi connectivity index (χ3v) is 3.51. The van der Waals surface area contributed by atoms with Crippen LogP contribution in [0.3, 0.4) is 0 Å². The fourth-order valence-electron chi connectivity index (χ4n) is 2.61. The molecule has 19 heavy (non-hydrogen) atoms. The Labute approximate surface area is 112 Å². The third kappa shape index (κ3) is 2.81. The SMILES string of the molecule is CC(CN1CCCC1)Nc1nc2ccc(N)cc2o1. The predicted octanol–water partition coefficient (Wildman–Crippen LogP) is 2.31. The van der Waals surface area contributed by atoms with Crippen LogP contribution in [0.2, 0.25) is 0 Å². The molecule has 102 valence electrons. The Balaban J connectivity index is 1.66. The molecule has 1 unspecified atom stereocenters. The first-order chi connectivity index (χ1) is 9.20. The molecule has 1 atom stereocenters. The van der Waals surface area contributed by atoms with Gasteiger partial charge in [-0.15, -0.1) is 0 Å². The summed E-state index contributed by atoms with van der Waals surface area (Å²) in [6.45, 7) is 5.59. The zero-order valence-electron chi connectivity index (χ0n) is 11.2. The lowest BCUT2D eigenvalue weighted by molar-refractivity contribution is 0.326. The highest BCUT2D eigenvalue weighted by Gasteiger charge is 2.16. The number of rotatable bonds is 4. The highest BCUT2D eigenvalue weighted by molar-refractivity contribution is 5.78. The second-order valence-corrected chi connectivity index (χ2v) is 5.30. The third-order valence-electron chi connectivity index (χ3n) is 3.51. The largest absolute Gasteiger partial charge is 0.423 e. The molecule has 1 aliphatic heterocycles. The Hall–Kier alpha value is -1.75. The minimum atomic E-state index is 0.323. The Morgan fingerprint density at radius 3 is 3.00 bits per heavy atom. The van der Waals surface area contributed by atoms with Gasteiger partial charge >= 0.3 is 0 Å². The number of aromatic nitrogens is 1. The van der Waals surface area contributed by atoms with Gasteiger partial charge in [0.25, 0.3) is 6.01 Å². The van der Waals surface area contributed by atoms with Crippen molar-refractivity contribution in [3.63, 3.8) is 0 Å². The molecule has 1 fully saturated rings. The summed E-state index contributed by atoms with van der Waals surface area (Å²) in [5.41, 5.74) is 7.99. The molecular formula is C14H20N4O. The van der Waals surface area contributed by atoms with Crippen molar-refractivity contribution in [2.24, 2.45) is 0 Å². The number of hydrogen-bond acceptors (Lipinski definition) is 5. The Bertz CT molecular complexity index is 560. The summed E-state index contributed by atoms with van der Waals surface area (Å²) in [6, 6.07) is 6.42. The summed E-state index contributed by atoms with van der Waals surface area (Å²) >= 11 is 0. The lowest BCUT2D eigenvalue weighted by Crippen LogP contribution is -2.33. The van der Waals surface area contributed by atoms with E-state index in [9.17, 15) is 0 Å². The maximum atomic E-state index is 5.73. The molecule has 2 heterocycles. The van der Waals surface area contributed by atoms with Crippen molar-refractivity contribution < 1.29 is 4.42 Å². The number of nitrogens with one attached hydrogen (secondary N) is 1. The maximum absolute atomic E-state index is 5.73. The molecule has 3 rings (SSSR count). The van der Waals surface area contributed by atoms with Gasteiger partial charge in [0, 0.05) is 24.3 Å². The van der Waals surface area contributed by atoms with Crippen LogP contribution in [0.1, 0.15) is 19.8 Å². The Morgan fingerprint density at radius 2 is 2.21 bits per heavy atom. The lowest BCUT2D eigenvalue weighted by atomic mass is 10.3. The van der Waals surface area contributed by atoms with Crippen molar-refractivity contribution >= 4 is 22.8 Å². The zero-order chi connectivity index (χ0) is 13.2. The van der Waals surface area contributed by atoms with Gasteiger partial charge in [0.1, 0.15) is 5.52 Å². The maximum Gasteiger partial charge on any atom is 0.295 e. The summed E-state index contributed by atoms with van der Waals surface area (Å²) in [5, 5.41) is 3.32. The van der Waals surface area contributed by atoms with Gasteiger partial charge in [0.15, 0.2) is 5.58 Å². The van der Waals surface area contributed by atoms with E-state index in [-0.39, 0.29) is 0 Å². The molecule has 0 bridgehead atoms. The molecule has 2 aromatic rings. The molecule has 1 aromatic carbocycles. The highest BCUT2D eigenvalue weighted by atomic mass is 16.4. The monoisotopic (exact) mass is 260 g/mol. The van der Waals surface area contributed by atoms with Gasteiger partial charge in [-0.25, -0.2) is 0 Å². The van der Waals surface area contributed by atoms with Crippen LogP contribution < -0.4 is 11.1 Å². The van der Waals surface area contributed by atoms with E-state index in [2.05, 4.69) is 22.1 Å². The van der Waals surface area contributed by atoms with Crippen LogP contribution >= 0.6 is 0 Å². The molecule has 0 aliphatic carbocycles. The minimum absolute atomic E-state index is 0.323. The molecule has 0 radical (unpaired) electrons. The van der Waals surface area contributed by atoms with Crippen LogP contribution in [0, 0.1) is 0 Å². The first kappa shape index (κ1) is 12.3. The topological polar surface area (TPSA) is 67.3 Å². The van der Waals surface area contributed by atoms with Crippen molar-refractivity contribution in [3.8, 4) is 0 Å². The van der Waals surface area contributed by atoms with Crippen molar-refractivity contribution in [3.05, 3.63) is 18.2 Å².